The number of aryl methyl sites for hydroxylation is 1. The van der Waals surface area contributed by atoms with Crippen LogP contribution in [0.4, 0.5) is 0 Å². The zero-order valence-corrected chi connectivity index (χ0v) is 15.7. The molecule has 0 bridgehead atoms. The fourth-order valence-corrected chi connectivity index (χ4v) is 2.70. The zero-order valence-electron chi connectivity index (χ0n) is 15.7. The van der Waals surface area contributed by atoms with E-state index in [1.165, 1.54) is 0 Å². The molecular weight excluding hydrogens is 324 g/mol. The molecule has 2 heterocycles. The molecule has 0 spiro atoms. The quantitative estimate of drug-likeness (QED) is 0.777. The fourth-order valence-electron chi connectivity index (χ4n) is 2.70. The molecule has 5 nitrogen and oxygen atoms in total. The van der Waals surface area contributed by atoms with Crippen LogP contribution in [0.25, 0.3) is 11.1 Å². The first-order valence-electron chi connectivity index (χ1n) is 8.69. The summed E-state index contributed by atoms with van der Waals surface area (Å²) in [6, 6.07) is 12.0. The Hall–Kier alpha value is -2.95. The lowest BCUT2D eigenvalue weighted by atomic mass is 10.0. The van der Waals surface area contributed by atoms with Gasteiger partial charge in [0.2, 0.25) is 0 Å². The van der Waals surface area contributed by atoms with Gasteiger partial charge in [-0.3, -0.25) is 14.5 Å². The maximum atomic E-state index is 12.4. The Morgan fingerprint density at radius 1 is 1.08 bits per heavy atom. The molecule has 5 heteroatoms. The lowest BCUT2D eigenvalue weighted by Gasteiger charge is -2.18. The lowest BCUT2D eigenvalue weighted by Crippen LogP contribution is -2.26. The van der Waals surface area contributed by atoms with Crippen molar-refractivity contribution in [1.29, 1.82) is 0 Å². The van der Waals surface area contributed by atoms with Crippen LogP contribution in [0, 0.1) is 6.92 Å². The zero-order chi connectivity index (χ0) is 18.7. The first-order chi connectivity index (χ1) is 12.3. The van der Waals surface area contributed by atoms with Gasteiger partial charge in [0.15, 0.2) is 0 Å². The van der Waals surface area contributed by atoms with Crippen molar-refractivity contribution in [1.82, 2.24) is 20.1 Å². The Labute approximate surface area is 154 Å². The molecule has 0 fully saturated rings. The van der Waals surface area contributed by atoms with E-state index < -0.39 is 0 Å². The van der Waals surface area contributed by atoms with Crippen molar-refractivity contribution in [3.05, 3.63) is 71.8 Å². The van der Waals surface area contributed by atoms with Gasteiger partial charge in [-0.05, 0) is 68.1 Å². The molecule has 0 radical (unpaired) electrons. The molecule has 1 N–H and O–H groups in total. The fraction of sp³-hybridized carbons (Fsp3) is 0.286. The minimum absolute atomic E-state index is 0.141. The van der Waals surface area contributed by atoms with Crippen molar-refractivity contribution >= 4 is 5.91 Å². The van der Waals surface area contributed by atoms with Gasteiger partial charge < -0.3 is 5.32 Å². The van der Waals surface area contributed by atoms with E-state index in [1.807, 2.05) is 18.3 Å². The number of nitrogens with one attached hydrogen (secondary N) is 1. The second-order valence-electron chi connectivity index (χ2n) is 7.38. The second-order valence-corrected chi connectivity index (χ2v) is 7.38. The summed E-state index contributed by atoms with van der Waals surface area (Å²) in [5.41, 5.74) is 4.80. The van der Waals surface area contributed by atoms with Gasteiger partial charge in [0.1, 0.15) is 5.69 Å². The van der Waals surface area contributed by atoms with Gasteiger partial charge in [0, 0.05) is 25.1 Å². The maximum Gasteiger partial charge on any atom is 0.272 e. The van der Waals surface area contributed by atoms with Gasteiger partial charge in [-0.15, -0.1) is 0 Å². The topological polar surface area (TPSA) is 59.8 Å². The van der Waals surface area contributed by atoms with Crippen molar-refractivity contribution in [3.8, 4) is 11.1 Å². The molecule has 0 aliphatic carbocycles. The van der Waals surface area contributed by atoms with E-state index in [2.05, 4.69) is 61.3 Å². The smallest absolute Gasteiger partial charge is 0.272 e. The maximum absolute atomic E-state index is 12.4. The molecule has 0 saturated heterocycles. The van der Waals surface area contributed by atoms with Crippen LogP contribution < -0.4 is 5.32 Å². The van der Waals surface area contributed by atoms with E-state index in [1.54, 1.807) is 23.1 Å². The van der Waals surface area contributed by atoms with E-state index in [-0.39, 0.29) is 11.4 Å². The number of pyridine rings is 1. The third-order valence-corrected chi connectivity index (χ3v) is 4.30. The molecule has 1 amide bonds. The average Bonchev–Trinajstić information content (AvgIpc) is 3.12. The van der Waals surface area contributed by atoms with Crippen LogP contribution in [0.2, 0.25) is 0 Å². The predicted molar refractivity (Wildman–Crippen MR) is 103 cm³/mol. The van der Waals surface area contributed by atoms with Crippen LogP contribution >= 0.6 is 0 Å². The Bertz CT molecular complexity index is 907. The number of nitrogens with zero attached hydrogens (tertiary/aromatic N) is 3. The number of amides is 1. The van der Waals surface area contributed by atoms with E-state index in [9.17, 15) is 4.79 Å². The summed E-state index contributed by atoms with van der Waals surface area (Å²) in [5, 5.41) is 7.32. The number of aromatic nitrogens is 3. The van der Waals surface area contributed by atoms with Gasteiger partial charge in [0.25, 0.3) is 5.91 Å². The number of hydrogen-bond acceptors (Lipinski definition) is 3. The first-order valence-corrected chi connectivity index (χ1v) is 8.69. The van der Waals surface area contributed by atoms with Crippen molar-refractivity contribution in [2.24, 2.45) is 0 Å². The number of rotatable bonds is 4. The van der Waals surface area contributed by atoms with Crippen molar-refractivity contribution < 1.29 is 4.79 Å². The van der Waals surface area contributed by atoms with Crippen LogP contribution in [-0.4, -0.2) is 20.7 Å². The summed E-state index contributed by atoms with van der Waals surface area (Å²) < 4.78 is 1.80. The van der Waals surface area contributed by atoms with Gasteiger partial charge in [-0.1, -0.05) is 18.2 Å². The highest BCUT2D eigenvalue weighted by Gasteiger charge is 2.17. The summed E-state index contributed by atoms with van der Waals surface area (Å²) in [5.74, 6) is -0.161. The molecule has 0 unspecified atom stereocenters. The van der Waals surface area contributed by atoms with Crippen molar-refractivity contribution in [3.63, 3.8) is 0 Å². The molecule has 3 rings (SSSR count). The monoisotopic (exact) mass is 348 g/mol. The van der Waals surface area contributed by atoms with E-state index in [0.29, 0.717) is 12.2 Å². The van der Waals surface area contributed by atoms with Crippen LogP contribution in [0.1, 0.15) is 42.4 Å². The SMILES string of the molecule is Cc1cc(-c2ccncc2)ccc1CNC(=O)c1ccn(C(C)(C)C)n1. The summed E-state index contributed by atoms with van der Waals surface area (Å²) in [6.07, 6.45) is 5.41. The summed E-state index contributed by atoms with van der Waals surface area (Å²) in [4.78, 5) is 16.4. The van der Waals surface area contributed by atoms with Gasteiger partial charge >= 0.3 is 0 Å². The van der Waals surface area contributed by atoms with Gasteiger partial charge in [-0.25, -0.2) is 0 Å². The van der Waals surface area contributed by atoms with Crippen LogP contribution in [-0.2, 0) is 12.1 Å². The van der Waals surface area contributed by atoms with E-state index in [4.69, 9.17) is 0 Å². The van der Waals surface area contributed by atoms with Crippen LogP contribution in [0.3, 0.4) is 0 Å². The molecule has 0 aliphatic heterocycles. The average molecular weight is 348 g/mol. The lowest BCUT2D eigenvalue weighted by molar-refractivity contribution is 0.0944. The van der Waals surface area contributed by atoms with Gasteiger partial charge in [-0.2, -0.15) is 5.10 Å². The third-order valence-electron chi connectivity index (χ3n) is 4.30. The summed E-state index contributed by atoms with van der Waals surface area (Å²) >= 11 is 0. The van der Waals surface area contributed by atoms with Crippen molar-refractivity contribution in [2.45, 2.75) is 39.8 Å². The van der Waals surface area contributed by atoms with Gasteiger partial charge in [0.05, 0.1) is 5.54 Å². The summed E-state index contributed by atoms with van der Waals surface area (Å²) in [7, 11) is 0. The Balaban J connectivity index is 1.68. The Morgan fingerprint density at radius 2 is 1.81 bits per heavy atom. The van der Waals surface area contributed by atoms with E-state index >= 15 is 0 Å². The predicted octanol–water partition coefficient (Wildman–Crippen LogP) is 3.94. The first kappa shape index (κ1) is 17.9. The molecule has 1 aromatic carbocycles. The number of hydrogen-bond donors (Lipinski definition) is 1. The number of carbonyl (C=O) groups is 1. The summed E-state index contributed by atoms with van der Waals surface area (Å²) in [6.45, 7) is 8.68. The Kier molecular flexibility index (Phi) is 4.89. The standard InChI is InChI=1S/C21H24N4O/c1-15-13-17(16-7-10-22-11-8-16)5-6-18(15)14-23-20(26)19-9-12-25(24-19)21(2,3)4/h5-13H,14H2,1-4H3,(H,23,26). The molecule has 2 aromatic heterocycles. The molecule has 26 heavy (non-hydrogen) atoms. The van der Waals surface area contributed by atoms with E-state index in [0.717, 1.165) is 22.3 Å². The number of carbonyl (C=O) groups excluding carboxylic acids is 1. The molecule has 0 saturated carbocycles. The Morgan fingerprint density at radius 3 is 2.42 bits per heavy atom. The molecular formula is C21H24N4O. The third kappa shape index (κ3) is 3.99. The van der Waals surface area contributed by atoms with Crippen LogP contribution in [0.5, 0.6) is 0 Å². The second kappa shape index (κ2) is 7.12. The molecule has 134 valence electrons. The highest BCUT2D eigenvalue weighted by atomic mass is 16.1. The largest absolute Gasteiger partial charge is 0.347 e. The molecule has 0 aliphatic rings. The normalized spacial score (nSPS) is 11.4. The van der Waals surface area contributed by atoms with Crippen molar-refractivity contribution in [2.75, 3.05) is 0 Å². The highest BCUT2D eigenvalue weighted by molar-refractivity contribution is 5.92. The minimum atomic E-state index is -0.161. The number of benzene rings is 1. The molecule has 3 aromatic rings. The molecule has 0 atom stereocenters. The highest BCUT2D eigenvalue weighted by Crippen LogP contribution is 2.21. The minimum Gasteiger partial charge on any atom is -0.347 e. The van der Waals surface area contributed by atoms with Crippen LogP contribution in [0.15, 0.2) is 55.0 Å².